The fraction of sp³-hybridized carbons (Fsp3) is 0.412. The van der Waals surface area contributed by atoms with E-state index in [4.69, 9.17) is 0 Å². The average molecular weight is 457 g/mol. The van der Waals surface area contributed by atoms with Gasteiger partial charge in [0, 0.05) is 0 Å². The Morgan fingerprint density at radius 2 is 1.24 bits per heavy atom. The Labute approximate surface area is 148 Å². The number of hydrogen-bond donors (Lipinski definition) is 0. The molecule has 0 amide bonds. The zero-order chi connectivity index (χ0) is 15.9. The van der Waals surface area contributed by atoms with Crippen molar-refractivity contribution >= 4 is 0 Å². The molecular weight excluding hydrogens is 431 g/mol. The van der Waals surface area contributed by atoms with E-state index in [1.165, 1.54) is 0 Å². The summed E-state index contributed by atoms with van der Waals surface area (Å²) < 4.78 is 0. The predicted octanol–water partition coefficient (Wildman–Crippen LogP) is 1.07. The van der Waals surface area contributed by atoms with E-state index in [0.29, 0.717) is 19.3 Å². The van der Waals surface area contributed by atoms with E-state index in [1.807, 2.05) is 12.2 Å². The van der Waals surface area contributed by atoms with Gasteiger partial charge in [-0.2, -0.15) is 6.08 Å². The van der Waals surface area contributed by atoms with Crippen LogP contribution in [0.1, 0.15) is 25.7 Å². The summed E-state index contributed by atoms with van der Waals surface area (Å²) in [5, 5.41) is 28.4. The summed E-state index contributed by atoms with van der Waals surface area (Å²) in [4.78, 5) is 0. The summed E-state index contributed by atoms with van der Waals surface area (Å²) in [6.45, 7) is 9.98. The second-order valence-electron chi connectivity index (χ2n) is 3.35. The summed E-state index contributed by atoms with van der Waals surface area (Å²) >= 11 is 0. The van der Waals surface area contributed by atoms with Crippen LogP contribution in [0.25, 0.3) is 0 Å². The molecule has 0 N–H and O–H groups in total. The van der Waals surface area contributed by atoms with Gasteiger partial charge in [0.05, 0.1) is 0 Å². The molecule has 0 bridgehead atoms. The summed E-state index contributed by atoms with van der Waals surface area (Å²) in [6, 6.07) is 0. The van der Waals surface area contributed by atoms with E-state index in [9.17, 15) is 15.3 Å². The average Bonchev–Trinajstić information content (AvgIpc) is 3.02. The van der Waals surface area contributed by atoms with E-state index in [-0.39, 0.29) is 45.7 Å². The van der Waals surface area contributed by atoms with Gasteiger partial charge in [-0.3, -0.25) is 6.08 Å². The molecule has 0 saturated carbocycles. The molecule has 0 aliphatic heterocycles. The summed E-state index contributed by atoms with van der Waals surface area (Å²) in [5.74, 6) is 0. The zero-order valence-corrected chi connectivity index (χ0v) is 16.4. The minimum Gasteiger partial charge on any atom is -0.854 e. The minimum atomic E-state index is -0.0243. The maximum Gasteiger partial charge on any atom is 4.00 e. The molecule has 0 heterocycles. The van der Waals surface area contributed by atoms with Crippen LogP contribution in [-0.2, 0) is 25.8 Å². The Morgan fingerprint density at radius 3 is 1.29 bits per heavy atom. The van der Waals surface area contributed by atoms with Gasteiger partial charge in [0.25, 0.3) is 0 Å². The minimum absolute atomic E-state index is 0. The van der Waals surface area contributed by atoms with Gasteiger partial charge in [-0.1, -0.05) is 37.5 Å². The maximum atomic E-state index is 9.46. The molecule has 0 fully saturated rings. The smallest absolute Gasteiger partial charge is 0.854 e. The zero-order valence-electron chi connectivity index (χ0n) is 12.8. The Bertz CT molecular complexity index is 215. The molecule has 0 unspecified atom stereocenters. The largest absolute Gasteiger partial charge is 4.00 e. The van der Waals surface area contributed by atoms with Gasteiger partial charge in [0.2, 0.25) is 0 Å². The van der Waals surface area contributed by atoms with E-state index in [0.717, 1.165) is 6.42 Å². The first-order valence-corrected chi connectivity index (χ1v) is 6.53. The first kappa shape index (κ1) is 28.6. The van der Waals surface area contributed by atoms with E-state index < -0.39 is 0 Å². The van der Waals surface area contributed by atoms with Crippen molar-refractivity contribution in [2.24, 2.45) is 0 Å². The Balaban J connectivity index is -0.0000000903. The van der Waals surface area contributed by atoms with E-state index in [2.05, 4.69) is 31.9 Å². The van der Waals surface area contributed by atoms with E-state index >= 15 is 0 Å². The molecule has 0 saturated heterocycles. The molecule has 116 valence electrons. The van der Waals surface area contributed by atoms with Crippen LogP contribution in [0.5, 0.6) is 0 Å². The van der Waals surface area contributed by atoms with Crippen LogP contribution in [-0.4, -0.2) is 19.8 Å². The molecule has 0 radical (unpaired) electrons. The molecule has 0 aromatic rings. The fourth-order valence-electron chi connectivity index (χ4n) is 0.590. The third-order valence-corrected chi connectivity index (χ3v) is 1.55. The van der Waals surface area contributed by atoms with Crippen molar-refractivity contribution in [1.29, 1.82) is 0 Å². The molecule has 1 aliphatic carbocycles. The fourth-order valence-corrected chi connectivity index (χ4v) is 0.590. The van der Waals surface area contributed by atoms with Gasteiger partial charge >= 0.3 is 25.8 Å². The van der Waals surface area contributed by atoms with Crippen LogP contribution in [0, 0.1) is 6.08 Å². The second kappa shape index (κ2) is 36.6. The van der Waals surface area contributed by atoms with Crippen LogP contribution in [0.15, 0.2) is 56.2 Å². The molecule has 3 nitrogen and oxygen atoms in total. The van der Waals surface area contributed by atoms with Gasteiger partial charge in [-0.15, -0.1) is 46.0 Å². The predicted molar refractivity (Wildman–Crippen MR) is 80.6 cm³/mol. The van der Waals surface area contributed by atoms with Crippen molar-refractivity contribution in [2.75, 3.05) is 19.8 Å². The monoisotopic (exact) mass is 458 g/mol. The summed E-state index contributed by atoms with van der Waals surface area (Å²) in [7, 11) is 0. The summed E-state index contributed by atoms with van der Waals surface area (Å²) in [5.41, 5.74) is 0. The second-order valence-corrected chi connectivity index (χ2v) is 3.35. The quantitative estimate of drug-likeness (QED) is 0.341. The number of hydrogen-bond acceptors (Lipinski definition) is 3. The Hall–Kier alpha value is -0.550. The standard InChI is InChI=1S/C5H5.3C4H7O.Hf/c1-2-4-5-3-1;3*1-2-3-4-5;/h1-3H,4H2;3*2H,1,3-4H2;/q4*-1;+4. The van der Waals surface area contributed by atoms with Gasteiger partial charge in [-0.05, 0) is 0 Å². The number of allylic oxidation sites excluding steroid dienone is 4. The molecule has 0 aromatic heterocycles. The Morgan fingerprint density at radius 1 is 0.857 bits per heavy atom. The van der Waals surface area contributed by atoms with Gasteiger partial charge < -0.3 is 15.3 Å². The molecule has 1 aliphatic rings. The van der Waals surface area contributed by atoms with Crippen molar-refractivity contribution in [2.45, 2.75) is 25.7 Å². The maximum absolute atomic E-state index is 9.46. The first-order valence-electron chi connectivity index (χ1n) is 6.53. The van der Waals surface area contributed by atoms with Crippen LogP contribution in [0.3, 0.4) is 0 Å². The third-order valence-electron chi connectivity index (χ3n) is 1.55. The molecule has 0 aromatic carbocycles. The van der Waals surface area contributed by atoms with Crippen LogP contribution in [0.2, 0.25) is 0 Å². The number of rotatable bonds is 6. The topological polar surface area (TPSA) is 69.2 Å². The normalized spacial score (nSPS) is 9.48. The van der Waals surface area contributed by atoms with Crippen LogP contribution < -0.4 is 15.3 Å². The summed E-state index contributed by atoms with van der Waals surface area (Å²) in [6.07, 6.45) is 16.6. The molecule has 4 heteroatoms. The molecule has 21 heavy (non-hydrogen) atoms. The van der Waals surface area contributed by atoms with Crippen molar-refractivity contribution < 1.29 is 41.2 Å². The van der Waals surface area contributed by atoms with Gasteiger partial charge in [-0.25, -0.2) is 12.2 Å². The molecule has 0 spiro atoms. The molecule has 0 atom stereocenters. The Kier molecular flexibility index (Phi) is 49.8. The molecule has 1 rings (SSSR count). The van der Waals surface area contributed by atoms with Crippen molar-refractivity contribution in [3.63, 3.8) is 0 Å². The van der Waals surface area contributed by atoms with Crippen molar-refractivity contribution in [1.82, 2.24) is 0 Å². The van der Waals surface area contributed by atoms with Gasteiger partial charge in [0.1, 0.15) is 0 Å². The third kappa shape index (κ3) is 54.2. The van der Waals surface area contributed by atoms with Crippen molar-refractivity contribution in [3.05, 3.63) is 62.3 Å². The van der Waals surface area contributed by atoms with Gasteiger partial charge in [0.15, 0.2) is 0 Å². The van der Waals surface area contributed by atoms with Crippen LogP contribution in [0.4, 0.5) is 0 Å². The molecular formula is C17H26HfO3. The van der Waals surface area contributed by atoms with Crippen LogP contribution >= 0.6 is 0 Å². The van der Waals surface area contributed by atoms with E-state index in [1.54, 1.807) is 18.2 Å². The van der Waals surface area contributed by atoms with Crippen molar-refractivity contribution in [3.8, 4) is 0 Å². The first-order chi connectivity index (χ1) is 9.74. The SMILES string of the molecule is C=CCC[O-].C=CCC[O-].C=CCC[O-].[C-]1=CC=CC1.[Hf+4].